The van der Waals surface area contributed by atoms with Gasteiger partial charge in [0.25, 0.3) is 11.8 Å². The second kappa shape index (κ2) is 15.9. The van der Waals surface area contributed by atoms with Crippen molar-refractivity contribution in [2.45, 2.75) is 61.5 Å². The number of alkyl halides is 3. The Morgan fingerprint density at radius 2 is 1.73 bits per heavy atom. The van der Waals surface area contributed by atoms with Crippen LogP contribution in [0.4, 0.5) is 18.0 Å². The Labute approximate surface area is 294 Å². The molecule has 4 N–H and O–H groups in total. The van der Waals surface area contributed by atoms with Crippen molar-refractivity contribution in [2.24, 2.45) is 10.2 Å². The lowest BCUT2D eigenvalue weighted by atomic mass is 10.0. The van der Waals surface area contributed by atoms with Crippen LogP contribution < -0.4 is 30.7 Å². The van der Waals surface area contributed by atoms with Crippen LogP contribution in [0.15, 0.2) is 46.6 Å². The number of unbranched alkanes of at least 4 members (excludes halogenated alkanes) is 1. The first kappa shape index (κ1) is 36.4. The molecule has 3 atom stereocenters. The molecule has 2 aromatic carbocycles. The number of hydrogen-bond donors (Lipinski definition) is 4. The average Bonchev–Trinajstić information content (AvgIpc) is 3.63. The summed E-state index contributed by atoms with van der Waals surface area (Å²) in [6, 6.07) is 8.66. The quantitative estimate of drug-likeness (QED) is 0.0955. The second-order valence-electron chi connectivity index (χ2n) is 12.2. The third kappa shape index (κ3) is 8.56. The van der Waals surface area contributed by atoms with Crippen molar-refractivity contribution in [1.29, 1.82) is 0 Å². The van der Waals surface area contributed by atoms with Gasteiger partial charge in [0.2, 0.25) is 5.91 Å². The minimum atomic E-state index is -4.73. The maximum atomic E-state index is 13.7. The molecule has 274 valence electrons. The van der Waals surface area contributed by atoms with E-state index < -0.39 is 23.7 Å². The van der Waals surface area contributed by atoms with E-state index in [0.29, 0.717) is 30.4 Å². The molecule has 0 radical (unpaired) electrons. The van der Waals surface area contributed by atoms with Crippen molar-refractivity contribution in [1.82, 2.24) is 21.3 Å². The summed E-state index contributed by atoms with van der Waals surface area (Å²) in [4.78, 5) is 47.9. The molecule has 5 amide bonds. The largest absolute Gasteiger partial charge is 0.491 e. The number of thioether (sulfide) groups is 1. The summed E-state index contributed by atoms with van der Waals surface area (Å²) in [6.45, 7) is 1.04. The smallest absolute Gasteiger partial charge is 0.442 e. The lowest BCUT2D eigenvalue weighted by Gasteiger charge is -2.18. The van der Waals surface area contributed by atoms with Gasteiger partial charge in [0.05, 0.1) is 49.6 Å². The van der Waals surface area contributed by atoms with Crippen molar-refractivity contribution < 1.29 is 51.3 Å². The van der Waals surface area contributed by atoms with Crippen LogP contribution >= 0.6 is 11.8 Å². The van der Waals surface area contributed by atoms with Gasteiger partial charge in [0, 0.05) is 35.1 Å². The fourth-order valence-electron chi connectivity index (χ4n) is 6.09. The summed E-state index contributed by atoms with van der Waals surface area (Å²) in [6.07, 6.45) is -1.69. The molecule has 14 nitrogen and oxygen atoms in total. The third-order valence-electron chi connectivity index (χ3n) is 8.78. The van der Waals surface area contributed by atoms with Crippen LogP contribution in [0.25, 0.3) is 0 Å². The number of fused-ring (bicyclic) bond motifs is 2. The van der Waals surface area contributed by atoms with E-state index in [1.54, 1.807) is 6.07 Å². The third-order valence-corrected chi connectivity index (χ3v) is 10.3. The minimum absolute atomic E-state index is 0.0103. The number of ether oxygens (including phenoxy) is 4. The number of amides is 5. The molecule has 0 saturated carbocycles. The number of nitrogens with zero attached hydrogens (tertiary/aromatic N) is 2. The number of rotatable bonds is 19. The highest BCUT2D eigenvalue weighted by molar-refractivity contribution is 8.00. The van der Waals surface area contributed by atoms with Gasteiger partial charge in [-0.15, -0.1) is 10.2 Å². The highest BCUT2D eigenvalue weighted by Crippen LogP contribution is 2.53. The fourth-order valence-corrected chi connectivity index (χ4v) is 7.63. The molecule has 4 heterocycles. The molecule has 4 aliphatic heterocycles. The van der Waals surface area contributed by atoms with E-state index in [-0.39, 0.29) is 85.2 Å². The van der Waals surface area contributed by atoms with Crippen LogP contribution in [0.2, 0.25) is 0 Å². The molecule has 0 bridgehead atoms. The second-order valence-corrected chi connectivity index (χ2v) is 13.5. The highest BCUT2D eigenvalue weighted by Gasteiger charge is 2.65. The van der Waals surface area contributed by atoms with Gasteiger partial charge >= 0.3 is 17.9 Å². The number of carbonyl (C=O) groups excluding carboxylic acids is 4. The van der Waals surface area contributed by atoms with Gasteiger partial charge in [-0.25, -0.2) is 4.79 Å². The predicted molar refractivity (Wildman–Crippen MR) is 176 cm³/mol. The van der Waals surface area contributed by atoms with Crippen molar-refractivity contribution in [2.75, 3.05) is 45.3 Å². The van der Waals surface area contributed by atoms with E-state index >= 15 is 0 Å². The molecule has 0 spiro atoms. The van der Waals surface area contributed by atoms with E-state index in [2.05, 4.69) is 31.5 Å². The summed E-state index contributed by atoms with van der Waals surface area (Å²) in [5, 5.41) is 17.8. The molecule has 0 aromatic heterocycles. The zero-order valence-electron chi connectivity index (χ0n) is 27.4. The van der Waals surface area contributed by atoms with Crippen molar-refractivity contribution in [3.63, 3.8) is 0 Å². The zero-order valence-corrected chi connectivity index (χ0v) is 28.2. The normalized spacial score (nSPS) is 21.1. The highest BCUT2D eigenvalue weighted by atomic mass is 32.2. The topological polar surface area (TPSA) is 178 Å². The van der Waals surface area contributed by atoms with E-state index in [0.717, 1.165) is 25.0 Å². The van der Waals surface area contributed by atoms with Crippen LogP contribution in [0.5, 0.6) is 11.5 Å². The van der Waals surface area contributed by atoms with Gasteiger partial charge in [-0.3, -0.25) is 19.7 Å². The predicted octanol–water partition coefficient (Wildman–Crippen LogP) is 3.58. The Morgan fingerprint density at radius 3 is 2.51 bits per heavy atom. The van der Waals surface area contributed by atoms with E-state index in [9.17, 15) is 32.3 Å². The van der Waals surface area contributed by atoms with Crippen LogP contribution in [0, 0.1) is 0 Å². The minimum Gasteiger partial charge on any atom is -0.491 e. The molecular weight excluding hydrogens is 697 g/mol. The number of halogens is 3. The van der Waals surface area contributed by atoms with Gasteiger partial charge in [-0.2, -0.15) is 24.9 Å². The number of benzene rings is 2. The Bertz CT molecular complexity index is 1670. The van der Waals surface area contributed by atoms with Crippen LogP contribution in [-0.4, -0.2) is 92.6 Å². The Balaban J connectivity index is 0.879. The SMILES string of the molecule is O=C(CCCC[C@@H]1SC[C@@H]2NC(=O)N[C@@H]21)NCCOCCOCCOc1cc(C2(C(F)(F)F)N=N2)ccc1COc1cccc2c1C(=O)NC2=O. The number of carbonyl (C=O) groups is 4. The summed E-state index contributed by atoms with van der Waals surface area (Å²) in [7, 11) is 0. The lowest BCUT2D eigenvalue weighted by Crippen LogP contribution is -2.36. The van der Waals surface area contributed by atoms with Crippen LogP contribution in [-0.2, 0) is 26.5 Å². The van der Waals surface area contributed by atoms with Gasteiger partial charge in [-0.1, -0.05) is 24.6 Å². The standard InChI is InChI=1S/C33H37F3N6O8S/c34-33(35,36)32(41-42-32)20-9-8-19(17-50-23-5-3-4-21-27(23)30(45)40-29(21)44)24(16-20)49-15-14-48-13-12-47-11-10-37-26(43)7-2-1-6-25-28-22(18-51-25)38-31(46)39-28/h3-5,8-9,16,22,25,28H,1-2,6-7,10-15,17-18H2,(H,37,43)(H2,38,39,46)(H,40,44,45)/t22-,25-,28-/m0/s1. The van der Waals surface area contributed by atoms with E-state index in [1.165, 1.54) is 30.3 Å². The van der Waals surface area contributed by atoms with Crippen molar-refractivity contribution >= 4 is 35.5 Å². The molecule has 4 aliphatic rings. The van der Waals surface area contributed by atoms with E-state index in [4.69, 9.17) is 18.9 Å². The first-order chi connectivity index (χ1) is 24.6. The molecule has 6 rings (SSSR count). The maximum absolute atomic E-state index is 13.7. The van der Waals surface area contributed by atoms with Crippen molar-refractivity contribution in [3.05, 3.63) is 58.7 Å². The molecular formula is C33H37F3N6O8S. The average molecular weight is 735 g/mol. The lowest BCUT2D eigenvalue weighted by molar-refractivity contribution is -0.166. The molecule has 2 aromatic rings. The summed E-state index contributed by atoms with van der Waals surface area (Å²) in [5.74, 6) is -0.0638. The van der Waals surface area contributed by atoms with Crippen LogP contribution in [0.3, 0.4) is 0 Å². The first-order valence-corrected chi connectivity index (χ1v) is 17.6. The monoisotopic (exact) mass is 734 g/mol. The zero-order chi connectivity index (χ0) is 36.0. The van der Waals surface area contributed by atoms with Gasteiger partial charge in [0.15, 0.2) is 0 Å². The first-order valence-electron chi connectivity index (χ1n) is 16.5. The molecule has 2 saturated heterocycles. The number of imide groups is 1. The van der Waals surface area contributed by atoms with E-state index in [1.807, 2.05) is 11.8 Å². The molecule has 51 heavy (non-hydrogen) atoms. The summed E-state index contributed by atoms with van der Waals surface area (Å²) in [5.41, 5.74) is -2.25. The molecule has 0 unspecified atom stereocenters. The Morgan fingerprint density at radius 1 is 0.941 bits per heavy atom. The molecule has 18 heteroatoms. The summed E-state index contributed by atoms with van der Waals surface area (Å²) < 4.78 is 63.7. The number of urea groups is 1. The van der Waals surface area contributed by atoms with Gasteiger partial charge in [-0.05, 0) is 31.0 Å². The van der Waals surface area contributed by atoms with Crippen LogP contribution in [0.1, 0.15) is 57.5 Å². The number of hydrogen-bond acceptors (Lipinski definition) is 11. The number of nitrogens with one attached hydrogen (secondary N) is 4. The summed E-state index contributed by atoms with van der Waals surface area (Å²) >= 11 is 1.86. The van der Waals surface area contributed by atoms with Gasteiger partial charge < -0.3 is 34.9 Å². The fraction of sp³-hybridized carbons (Fsp3) is 0.515. The maximum Gasteiger partial charge on any atom is 0.442 e. The molecule has 2 fully saturated rings. The Kier molecular flexibility index (Phi) is 11.3. The Hall–Kier alpha value is -4.42. The van der Waals surface area contributed by atoms with Crippen molar-refractivity contribution in [3.8, 4) is 11.5 Å². The van der Waals surface area contributed by atoms with Gasteiger partial charge in [0.1, 0.15) is 24.7 Å². The molecule has 0 aliphatic carbocycles.